The Morgan fingerprint density at radius 1 is 0.893 bits per heavy atom. The van der Waals surface area contributed by atoms with E-state index in [1.54, 1.807) is 6.08 Å². The van der Waals surface area contributed by atoms with Crippen molar-refractivity contribution in [1.29, 1.82) is 0 Å². The van der Waals surface area contributed by atoms with Gasteiger partial charge in [0.05, 0.1) is 4.90 Å². The zero-order valence-electron chi connectivity index (χ0n) is 14.8. The molecule has 0 aliphatic heterocycles. The van der Waals surface area contributed by atoms with Gasteiger partial charge in [0, 0.05) is 11.8 Å². The van der Waals surface area contributed by atoms with E-state index >= 15 is 0 Å². The maximum atomic E-state index is 12.1. The summed E-state index contributed by atoms with van der Waals surface area (Å²) < 4.78 is 28.2. The summed E-state index contributed by atoms with van der Waals surface area (Å²) in [6, 6.07) is 22.3. The van der Waals surface area contributed by atoms with Gasteiger partial charge in [-0.1, -0.05) is 30.3 Å². The third kappa shape index (κ3) is 5.54. The molecule has 0 atom stereocenters. The van der Waals surface area contributed by atoms with Crippen molar-refractivity contribution in [3.05, 3.63) is 90.5 Å². The number of para-hydroxylation sites is 1. The second kappa shape index (κ2) is 8.51. The van der Waals surface area contributed by atoms with E-state index < -0.39 is 10.0 Å². The number of carbonyl (C=O) groups is 1. The smallest absolute Gasteiger partial charge is 0.248 e. The van der Waals surface area contributed by atoms with Crippen LogP contribution in [0.2, 0.25) is 0 Å². The minimum absolute atomic E-state index is 0.0173. The Kier molecular flexibility index (Phi) is 5.88. The molecule has 1 amide bonds. The van der Waals surface area contributed by atoms with E-state index in [2.05, 4.69) is 5.32 Å². The summed E-state index contributed by atoms with van der Waals surface area (Å²) in [4.78, 5) is 12.1. The van der Waals surface area contributed by atoms with E-state index in [4.69, 9.17) is 9.88 Å². The monoisotopic (exact) mass is 394 g/mol. The van der Waals surface area contributed by atoms with Crippen LogP contribution in [-0.4, -0.2) is 14.3 Å². The molecule has 0 spiro atoms. The molecule has 6 nitrogen and oxygen atoms in total. The average molecular weight is 394 g/mol. The molecule has 0 saturated carbocycles. The number of nitrogens with two attached hydrogens (primary N) is 1. The highest BCUT2D eigenvalue weighted by molar-refractivity contribution is 7.89. The number of sulfonamides is 1. The van der Waals surface area contributed by atoms with Gasteiger partial charge in [0.1, 0.15) is 11.5 Å². The molecule has 0 fully saturated rings. The zero-order valence-corrected chi connectivity index (χ0v) is 15.6. The molecule has 0 unspecified atom stereocenters. The lowest BCUT2D eigenvalue weighted by Gasteiger charge is -2.06. The van der Waals surface area contributed by atoms with Crippen LogP contribution in [0, 0.1) is 0 Å². The van der Waals surface area contributed by atoms with Gasteiger partial charge in [-0.3, -0.25) is 4.79 Å². The molecule has 0 aliphatic carbocycles. The van der Waals surface area contributed by atoms with Crippen molar-refractivity contribution >= 4 is 27.7 Å². The fourth-order valence-corrected chi connectivity index (χ4v) is 2.91. The number of hydrogen-bond acceptors (Lipinski definition) is 4. The molecule has 0 saturated heterocycles. The summed E-state index contributed by atoms with van der Waals surface area (Å²) in [5, 5.41) is 7.70. The molecule has 3 N–H and O–H groups in total. The Morgan fingerprint density at radius 2 is 1.57 bits per heavy atom. The molecule has 3 aromatic carbocycles. The van der Waals surface area contributed by atoms with Crippen LogP contribution < -0.4 is 15.2 Å². The Morgan fingerprint density at radius 3 is 2.25 bits per heavy atom. The van der Waals surface area contributed by atoms with Gasteiger partial charge in [0.25, 0.3) is 0 Å². The van der Waals surface area contributed by atoms with Crippen LogP contribution in [0.4, 0.5) is 5.69 Å². The summed E-state index contributed by atoms with van der Waals surface area (Å²) in [6.45, 7) is 0. The summed E-state index contributed by atoms with van der Waals surface area (Å²) in [5.74, 6) is 1.04. The predicted molar refractivity (Wildman–Crippen MR) is 108 cm³/mol. The van der Waals surface area contributed by atoms with Gasteiger partial charge in [-0.05, 0) is 60.2 Å². The van der Waals surface area contributed by atoms with Crippen LogP contribution in [0.1, 0.15) is 5.56 Å². The first-order valence-electron chi connectivity index (χ1n) is 8.35. The first-order chi connectivity index (χ1) is 13.4. The van der Waals surface area contributed by atoms with Gasteiger partial charge in [0.15, 0.2) is 0 Å². The first kappa shape index (κ1) is 19.3. The number of benzene rings is 3. The van der Waals surface area contributed by atoms with Crippen LogP contribution >= 0.6 is 0 Å². The highest BCUT2D eigenvalue weighted by Gasteiger charge is 2.07. The number of nitrogens with one attached hydrogen (secondary N) is 1. The van der Waals surface area contributed by atoms with Crippen molar-refractivity contribution in [2.45, 2.75) is 4.90 Å². The number of hydrogen-bond donors (Lipinski definition) is 2. The maximum absolute atomic E-state index is 12.1. The summed E-state index contributed by atoms with van der Waals surface area (Å²) >= 11 is 0. The standard InChI is InChI=1S/C21H18N2O4S/c22-28(25,26)20-12-10-17(11-13-20)23-21(24)14-9-16-5-4-8-19(15-16)27-18-6-2-1-3-7-18/h1-15H,(H,23,24)(H2,22,25,26)/b14-9+. The van der Waals surface area contributed by atoms with Crippen molar-refractivity contribution < 1.29 is 17.9 Å². The molecule has 0 bridgehead atoms. The highest BCUT2D eigenvalue weighted by Crippen LogP contribution is 2.22. The number of primary sulfonamides is 1. The van der Waals surface area contributed by atoms with E-state index in [9.17, 15) is 13.2 Å². The Bertz CT molecular complexity index is 1090. The van der Waals surface area contributed by atoms with Gasteiger partial charge in [-0.25, -0.2) is 13.6 Å². The van der Waals surface area contributed by atoms with Crippen molar-refractivity contribution in [2.24, 2.45) is 5.14 Å². The molecule has 142 valence electrons. The van der Waals surface area contributed by atoms with Crippen LogP contribution in [-0.2, 0) is 14.8 Å². The fourth-order valence-electron chi connectivity index (χ4n) is 2.39. The number of anilines is 1. The van der Waals surface area contributed by atoms with E-state index in [1.165, 1.54) is 30.3 Å². The molecule has 0 radical (unpaired) electrons. The van der Waals surface area contributed by atoms with Crippen LogP contribution in [0.15, 0.2) is 89.8 Å². The Labute approximate surface area is 163 Å². The van der Waals surface area contributed by atoms with Gasteiger partial charge < -0.3 is 10.1 Å². The minimum Gasteiger partial charge on any atom is -0.457 e. The van der Waals surface area contributed by atoms with E-state index in [0.717, 1.165) is 11.3 Å². The quantitative estimate of drug-likeness (QED) is 0.622. The zero-order chi connectivity index (χ0) is 20.0. The van der Waals surface area contributed by atoms with Crippen LogP contribution in [0.25, 0.3) is 6.08 Å². The number of rotatable bonds is 6. The van der Waals surface area contributed by atoms with Crippen LogP contribution in [0.3, 0.4) is 0 Å². The summed E-state index contributed by atoms with van der Waals surface area (Å²) in [6.07, 6.45) is 3.04. The van der Waals surface area contributed by atoms with Gasteiger partial charge >= 0.3 is 0 Å². The van der Waals surface area contributed by atoms with E-state index in [1.807, 2.05) is 54.6 Å². The fraction of sp³-hybridized carbons (Fsp3) is 0. The second-order valence-corrected chi connectivity index (χ2v) is 7.44. The molecule has 7 heteroatoms. The third-order valence-corrected chi connectivity index (χ3v) is 4.64. The second-order valence-electron chi connectivity index (χ2n) is 5.88. The molecule has 0 aliphatic rings. The molecule has 28 heavy (non-hydrogen) atoms. The number of carbonyl (C=O) groups excluding carboxylic acids is 1. The Balaban J connectivity index is 1.63. The topological polar surface area (TPSA) is 98.5 Å². The first-order valence-corrected chi connectivity index (χ1v) is 9.90. The molecule has 3 aromatic rings. The van der Waals surface area contributed by atoms with Crippen molar-refractivity contribution in [1.82, 2.24) is 0 Å². The lowest BCUT2D eigenvalue weighted by atomic mass is 10.2. The number of amides is 1. The lowest BCUT2D eigenvalue weighted by molar-refractivity contribution is -0.111. The van der Waals surface area contributed by atoms with Gasteiger partial charge in [0.2, 0.25) is 15.9 Å². The molecule has 3 rings (SSSR count). The summed E-state index contributed by atoms with van der Waals surface area (Å²) in [5.41, 5.74) is 1.26. The van der Waals surface area contributed by atoms with Crippen molar-refractivity contribution in [2.75, 3.05) is 5.32 Å². The SMILES string of the molecule is NS(=O)(=O)c1ccc(NC(=O)/C=C/c2cccc(Oc3ccccc3)c2)cc1. The molecule has 0 aromatic heterocycles. The number of ether oxygens (including phenoxy) is 1. The minimum atomic E-state index is -3.76. The average Bonchev–Trinajstić information content (AvgIpc) is 2.67. The van der Waals surface area contributed by atoms with E-state index in [0.29, 0.717) is 11.4 Å². The Hall–Kier alpha value is -3.42. The third-order valence-electron chi connectivity index (χ3n) is 3.71. The largest absolute Gasteiger partial charge is 0.457 e. The lowest BCUT2D eigenvalue weighted by Crippen LogP contribution is -2.12. The summed E-state index contributed by atoms with van der Waals surface area (Å²) in [7, 11) is -3.76. The normalized spacial score (nSPS) is 11.3. The molecular formula is C21H18N2O4S. The van der Waals surface area contributed by atoms with E-state index in [-0.39, 0.29) is 10.8 Å². The van der Waals surface area contributed by atoms with Gasteiger partial charge in [-0.2, -0.15) is 0 Å². The maximum Gasteiger partial charge on any atom is 0.248 e. The molecular weight excluding hydrogens is 376 g/mol. The van der Waals surface area contributed by atoms with Crippen LogP contribution in [0.5, 0.6) is 11.5 Å². The molecule has 0 heterocycles. The van der Waals surface area contributed by atoms with Crippen molar-refractivity contribution in [3.8, 4) is 11.5 Å². The van der Waals surface area contributed by atoms with Crippen molar-refractivity contribution in [3.63, 3.8) is 0 Å². The highest BCUT2D eigenvalue weighted by atomic mass is 32.2. The predicted octanol–water partition coefficient (Wildman–Crippen LogP) is 3.78. The van der Waals surface area contributed by atoms with Gasteiger partial charge in [-0.15, -0.1) is 0 Å².